The Balaban J connectivity index is 2.50. The Kier molecular flexibility index (Phi) is 5.20. The van der Waals surface area contributed by atoms with Crippen LogP contribution >= 0.6 is 0 Å². The molecule has 0 bridgehead atoms. The van der Waals surface area contributed by atoms with Gasteiger partial charge in [0.25, 0.3) is 0 Å². The fraction of sp³-hybridized carbons (Fsp3) is 0.857. The van der Waals surface area contributed by atoms with Crippen molar-refractivity contribution in [2.75, 3.05) is 13.1 Å². The number of piperidine rings is 1. The zero-order chi connectivity index (χ0) is 14.6. The summed E-state index contributed by atoms with van der Waals surface area (Å²) in [5.74, 6) is -0.870. The number of carbonyl (C=O) groups is 2. The molecule has 0 aliphatic carbocycles. The maximum Gasteiger partial charge on any atom is 0.410 e. The van der Waals surface area contributed by atoms with Crippen molar-refractivity contribution in [3.63, 3.8) is 0 Å². The van der Waals surface area contributed by atoms with Crippen LogP contribution in [0.2, 0.25) is 0 Å². The second-order valence-corrected chi connectivity index (χ2v) is 6.41. The summed E-state index contributed by atoms with van der Waals surface area (Å²) in [5.41, 5.74) is -0.488. The largest absolute Gasteiger partial charge is 0.481 e. The zero-order valence-electron chi connectivity index (χ0n) is 12.3. The van der Waals surface area contributed by atoms with Gasteiger partial charge in [0.15, 0.2) is 0 Å². The molecule has 1 amide bonds. The molecule has 19 heavy (non-hydrogen) atoms. The molecule has 0 radical (unpaired) electrons. The van der Waals surface area contributed by atoms with Gasteiger partial charge >= 0.3 is 12.1 Å². The lowest BCUT2D eigenvalue weighted by atomic mass is 9.89. The van der Waals surface area contributed by atoms with Crippen LogP contribution in [-0.2, 0) is 9.53 Å². The van der Waals surface area contributed by atoms with Crippen LogP contribution in [0.25, 0.3) is 0 Å². The van der Waals surface area contributed by atoms with Gasteiger partial charge in [-0.3, -0.25) is 4.79 Å². The van der Waals surface area contributed by atoms with E-state index < -0.39 is 11.6 Å². The summed E-state index contributed by atoms with van der Waals surface area (Å²) in [7, 11) is 0. The van der Waals surface area contributed by atoms with E-state index in [4.69, 9.17) is 9.84 Å². The molecule has 5 nitrogen and oxygen atoms in total. The van der Waals surface area contributed by atoms with Gasteiger partial charge in [0.2, 0.25) is 0 Å². The highest BCUT2D eigenvalue weighted by Gasteiger charge is 2.29. The van der Waals surface area contributed by atoms with Crippen molar-refractivity contribution in [3.05, 3.63) is 0 Å². The Morgan fingerprint density at radius 3 is 2.58 bits per heavy atom. The molecule has 0 saturated carbocycles. The van der Waals surface area contributed by atoms with Gasteiger partial charge in [-0.25, -0.2) is 4.79 Å². The lowest BCUT2D eigenvalue weighted by Crippen LogP contribution is -2.43. The predicted octanol–water partition coefficient (Wildman–Crippen LogP) is 2.74. The average molecular weight is 271 g/mol. The van der Waals surface area contributed by atoms with E-state index >= 15 is 0 Å². The fourth-order valence-corrected chi connectivity index (χ4v) is 2.35. The molecular weight excluding hydrogens is 246 g/mol. The first-order valence-electron chi connectivity index (χ1n) is 6.90. The molecule has 2 unspecified atom stereocenters. The Labute approximate surface area is 114 Å². The quantitative estimate of drug-likeness (QED) is 0.857. The molecule has 110 valence electrons. The highest BCUT2D eigenvalue weighted by Crippen LogP contribution is 2.24. The Bertz CT molecular complexity index is 335. The summed E-state index contributed by atoms with van der Waals surface area (Å²) in [4.78, 5) is 24.5. The normalized spacial score (nSPS) is 21.9. The van der Waals surface area contributed by atoms with Crippen LogP contribution in [0.4, 0.5) is 4.79 Å². The lowest BCUT2D eigenvalue weighted by Gasteiger charge is -2.34. The van der Waals surface area contributed by atoms with Gasteiger partial charge in [0, 0.05) is 13.1 Å². The predicted molar refractivity (Wildman–Crippen MR) is 71.9 cm³/mol. The van der Waals surface area contributed by atoms with Crippen LogP contribution in [0.1, 0.15) is 47.0 Å². The number of carbonyl (C=O) groups excluding carboxylic acids is 1. The van der Waals surface area contributed by atoms with Crippen molar-refractivity contribution in [3.8, 4) is 0 Å². The molecule has 1 saturated heterocycles. The molecule has 1 aliphatic rings. The van der Waals surface area contributed by atoms with Crippen molar-refractivity contribution in [1.29, 1.82) is 0 Å². The smallest absolute Gasteiger partial charge is 0.410 e. The molecule has 1 fully saturated rings. The van der Waals surface area contributed by atoms with Crippen molar-refractivity contribution in [1.82, 2.24) is 4.90 Å². The van der Waals surface area contributed by atoms with Crippen LogP contribution in [0.5, 0.6) is 0 Å². The summed E-state index contributed by atoms with van der Waals surface area (Å²) < 4.78 is 5.35. The van der Waals surface area contributed by atoms with E-state index in [0.29, 0.717) is 19.5 Å². The van der Waals surface area contributed by atoms with Gasteiger partial charge in [-0.05, 0) is 46.0 Å². The second-order valence-electron chi connectivity index (χ2n) is 6.41. The minimum absolute atomic E-state index is 0.257. The van der Waals surface area contributed by atoms with E-state index in [9.17, 15) is 9.59 Å². The number of ether oxygens (including phenoxy) is 1. The number of carboxylic acids is 1. The molecule has 0 aromatic rings. The highest BCUT2D eigenvalue weighted by atomic mass is 16.6. The van der Waals surface area contributed by atoms with E-state index in [2.05, 4.69) is 0 Å². The fourth-order valence-electron chi connectivity index (χ4n) is 2.35. The third-order valence-corrected chi connectivity index (χ3v) is 3.28. The van der Waals surface area contributed by atoms with E-state index in [1.54, 1.807) is 11.8 Å². The number of hydrogen-bond donors (Lipinski definition) is 1. The molecule has 0 aromatic heterocycles. The number of likely N-dealkylation sites (tertiary alicyclic amines) is 1. The summed E-state index contributed by atoms with van der Waals surface area (Å²) >= 11 is 0. The van der Waals surface area contributed by atoms with Crippen LogP contribution in [-0.4, -0.2) is 40.8 Å². The van der Waals surface area contributed by atoms with E-state index in [1.807, 2.05) is 20.8 Å². The van der Waals surface area contributed by atoms with Gasteiger partial charge in [-0.2, -0.15) is 0 Å². The van der Waals surface area contributed by atoms with E-state index in [-0.39, 0.29) is 17.9 Å². The first kappa shape index (κ1) is 15.8. The van der Waals surface area contributed by atoms with E-state index in [1.165, 1.54) is 0 Å². The van der Waals surface area contributed by atoms with Gasteiger partial charge in [-0.15, -0.1) is 0 Å². The molecule has 2 atom stereocenters. The van der Waals surface area contributed by atoms with Gasteiger partial charge in [0.1, 0.15) is 5.60 Å². The Morgan fingerprint density at radius 1 is 1.42 bits per heavy atom. The van der Waals surface area contributed by atoms with Crippen molar-refractivity contribution >= 4 is 12.1 Å². The maximum atomic E-state index is 12.0. The van der Waals surface area contributed by atoms with Crippen molar-refractivity contribution < 1.29 is 19.4 Å². The first-order valence-corrected chi connectivity index (χ1v) is 6.90. The Morgan fingerprint density at radius 2 is 2.05 bits per heavy atom. The van der Waals surface area contributed by atoms with Crippen LogP contribution < -0.4 is 0 Å². The third-order valence-electron chi connectivity index (χ3n) is 3.28. The molecule has 1 heterocycles. The van der Waals surface area contributed by atoms with Crippen LogP contribution in [0, 0.1) is 11.8 Å². The third kappa shape index (κ3) is 5.49. The number of carboxylic acid groups (broad SMARTS) is 1. The molecule has 1 aliphatic heterocycles. The molecule has 0 spiro atoms. The second kappa shape index (κ2) is 6.26. The molecule has 1 rings (SSSR count). The standard InChI is InChI=1S/C14H25NO4/c1-10(12(16)17)8-11-6-5-7-15(9-11)13(18)19-14(2,3)4/h10-11H,5-9H2,1-4H3,(H,16,17). The lowest BCUT2D eigenvalue weighted by molar-refractivity contribution is -0.141. The maximum absolute atomic E-state index is 12.0. The minimum Gasteiger partial charge on any atom is -0.481 e. The van der Waals surface area contributed by atoms with Gasteiger partial charge in [0.05, 0.1) is 5.92 Å². The highest BCUT2D eigenvalue weighted by molar-refractivity contribution is 5.69. The van der Waals surface area contributed by atoms with Crippen molar-refractivity contribution in [2.45, 2.75) is 52.6 Å². The average Bonchev–Trinajstić information content (AvgIpc) is 2.27. The summed E-state index contributed by atoms with van der Waals surface area (Å²) in [6.07, 6.45) is 2.22. The first-order chi connectivity index (χ1) is 8.69. The summed E-state index contributed by atoms with van der Waals surface area (Å²) in [6, 6.07) is 0. The summed E-state index contributed by atoms with van der Waals surface area (Å²) in [6.45, 7) is 8.56. The number of amides is 1. The number of rotatable bonds is 3. The number of hydrogen-bond acceptors (Lipinski definition) is 3. The monoisotopic (exact) mass is 271 g/mol. The molecule has 1 N–H and O–H groups in total. The molecule has 5 heteroatoms. The molecule has 0 aromatic carbocycles. The van der Waals surface area contributed by atoms with Crippen LogP contribution in [0.15, 0.2) is 0 Å². The minimum atomic E-state index is -0.769. The van der Waals surface area contributed by atoms with Crippen LogP contribution in [0.3, 0.4) is 0 Å². The van der Waals surface area contributed by atoms with Gasteiger partial charge < -0.3 is 14.7 Å². The van der Waals surface area contributed by atoms with Gasteiger partial charge in [-0.1, -0.05) is 6.92 Å². The van der Waals surface area contributed by atoms with E-state index in [0.717, 1.165) is 12.8 Å². The number of aliphatic carboxylic acids is 1. The SMILES string of the molecule is CC(CC1CCCN(C(=O)OC(C)(C)C)C1)C(=O)O. The number of nitrogens with zero attached hydrogens (tertiary/aromatic N) is 1. The summed E-state index contributed by atoms with van der Waals surface area (Å²) in [5, 5.41) is 8.94. The zero-order valence-corrected chi connectivity index (χ0v) is 12.3. The van der Waals surface area contributed by atoms with Crippen molar-refractivity contribution in [2.24, 2.45) is 11.8 Å². The molecular formula is C14H25NO4. The topological polar surface area (TPSA) is 66.8 Å². The Hall–Kier alpha value is -1.26.